The highest BCUT2D eigenvalue weighted by Gasteiger charge is 2.07. The van der Waals surface area contributed by atoms with E-state index in [2.05, 4.69) is 0 Å². The third kappa shape index (κ3) is 3.63. The molecule has 5 heteroatoms. The smallest absolute Gasteiger partial charge is 0.219 e. The first-order valence-corrected chi connectivity index (χ1v) is 2.34. The predicted octanol–water partition coefficient (Wildman–Crippen LogP) is -1.59. The maximum Gasteiger partial charge on any atom is 0.219 e. The summed E-state index contributed by atoms with van der Waals surface area (Å²) in [6, 6.07) is -0.873. The first kappa shape index (κ1) is 8.06. The van der Waals surface area contributed by atoms with Crippen LogP contribution in [-0.4, -0.2) is 23.4 Å². The van der Waals surface area contributed by atoms with E-state index in [0.717, 1.165) is 0 Å². The fourth-order valence-electron chi connectivity index (χ4n) is 0.341. The molecule has 0 aromatic carbocycles. The van der Waals surface area contributed by atoms with Crippen molar-refractivity contribution >= 4 is 12.2 Å². The maximum absolute atomic E-state index is 10.0. The zero-order valence-corrected chi connectivity index (χ0v) is 4.70. The van der Waals surface area contributed by atoms with Crippen molar-refractivity contribution in [3.63, 3.8) is 0 Å². The highest BCUT2D eigenvalue weighted by Crippen LogP contribution is 1.82. The molecule has 0 radical (unpaired) electrons. The molecule has 5 nitrogen and oxygen atoms in total. The van der Waals surface area contributed by atoms with Gasteiger partial charge in [0.25, 0.3) is 0 Å². The van der Waals surface area contributed by atoms with Crippen LogP contribution in [0.1, 0.15) is 6.42 Å². The maximum atomic E-state index is 10.0. The molecule has 0 saturated carbocycles. The average molecular weight is 132 g/mol. The average Bonchev–Trinajstić information content (AvgIpc) is 1.82. The standard InChI is InChI=1S/C4H8N2O3/c5-4(8)1-3(2-7)6-9/h2-3,6,9H,1H2,(H2,5,8)/t3-/m0/s1. The number of amides is 1. The summed E-state index contributed by atoms with van der Waals surface area (Å²) >= 11 is 0. The topological polar surface area (TPSA) is 92.4 Å². The van der Waals surface area contributed by atoms with Crippen LogP contribution >= 0.6 is 0 Å². The molecule has 9 heavy (non-hydrogen) atoms. The van der Waals surface area contributed by atoms with Gasteiger partial charge in [-0.1, -0.05) is 0 Å². The van der Waals surface area contributed by atoms with E-state index >= 15 is 0 Å². The van der Waals surface area contributed by atoms with Crippen LogP contribution in [0, 0.1) is 0 Å². The lowest BCUT2D eigenvalue weighted by Crippen LogP contribution is -2.32. The molecule has 0 heterocycles. The fraction of sp³-hybridized carbons (Fsp3) is 0.500. The second kappa shape index (κ2) is 3.99. The monoisotopic (exact) mass is 132 g/mol. The highest BCUT2D eigenvalue weighted by atomic mass is 16.5. The Hall–Kier alpha value is -0.940. The quantitative estimate of drug-likeness (QED) is 0.317. The Bertz CT molecular complexity index is 114. The molecule has 1 atom stereocenters. The molecular weight excluding hydrogens is 124 g/mol. The van der Waals surface area contributed by atoms with E-state index in [1.54, 1.807) is 5.48 Å². The number of rotatable bonds is 4. The van der Waals surface area contributed by atoms with E-state index in [9.17, 15) is 9.59 Å². The molecule has 0 saturated heterocycles. The molecule has 0 rings (SSSR count). The van der Waals surface area contributed by atoms with Gasteiger partial charge in [0, 0.05) is 0 Å². The number of hydrogen-bond donors (Lipinski definition) is 3. The summed E-state index contributed by atoms with van der Waals surface area (Å²) in [7, 11) is 0. The lowest BCUT2D eigenvalue weighted by Gasteiger charge is -2.01. The third-order valence-corrected chi connectivity index (χ3v) is 0.751. The van der Waals surface area contributed by atoms with Crippen LogP contribution in [-0.2, 0) is 9.59 Å². The molecule has 0 aromatic heterocycles. The third-order valence-electron chi connectivity index (χ3n) is 0.751. The number of aldehydes is 1. The summed E-state index contributed by atoms with van der Waals surface area (Å²) in [4.78, 5) is 19.9. The van der Waals surface area contributed by atoms with Crippen molar-refractivity contribution in [2.45, 2.75) is 12.5 Å². The minimum atomic E-state index is -0.873. The van der Waals surface area contributed by atoms with Crippen molar-refractivity contribution < 1.29 is 14.8 Å². The van der Waals surface area contributed by atoms with Gasteiger partial charge in [0.2, 0.25) is 5.91 Å². The molecular formula is C4H8N2O3. The van der Waals surface area contributed by atoms with Crippen LogP contribution in [0.25, 0.3) is 0 Å². The Morgan fingerprint density at radius 1 is 1.89 bits per heavy atom. The van der Waals surface area contributed by atoms with Crippen molar-refractivity contribution in [3.8, 4) is 0 Å². The van der Waals surface area contributed by atoms with Gasteiger partial charge in [-0.25, -0.2) is 0 Å². The van der Waals surface area contributed by atoms with Gasteiger partial charge < -0.3 is 15.7 Å². The first-order chi connectivity index (χ1) is 4.20. The summed E-state index contributed by atoms with van der Waals surface area (Å²) in [5, 5.41) is 8.09. The number of nitrogens with one attached hydrogen (secondary N) is 1. The van der Waals surface area contributed by atoms with Crippen molar-refractivity contribution in [1.82, 2.24) is 5.48 Å². The number of hydrogen-bond acceptors (Lipinski definition) is 4. The Balaban J connectivity index is 3.55. The van der Waals surface area contributed by atoms with Gasteiger partial charge in [-0.05, 0) is 0 Å². The molecule has 0 bridgehead atoms. The van der Waals surface area contributed by atoms with Crippen LogP contribution < -0.4 is 11.2 Å². The predicted molar refractivity (Wildman–Crippen MR) is 28.6 cm³/mol. The normalized spacial score (nSPS) is 12.6. The van der Waals surface area contributed by atoms with Crippen molar-refractivity contribution in [3.05, 3.63) is 0 Å². The van der Waals surface area contributed by atoms with Crippen LogP contribution in [0.5, 0.6) is 0 Å². The van der Waals surface area contributed by atoms with E-state index in [-0.39, 0.29) is 6.42 Å². The van der Waals surface area contributed by atoms with Crippen LogP contribution in [0.4, 0.5) is 0 Å². The molecule has 0 fully saturated rings. The van der Waals surface area contributed by atoms with Crippen molar-refractivity contribution in [1.29, 1.82) is 0 Å². The Morgan fingerprint density at radius 2 is 2.44 bits per heavy atom. The van der Waals surface area contributed by atoms with Gasteiger partial charge >= 0.3 is 0 Å². The molecule has 0 aliphatic rings. The molecule has 1 amide bonds. The van der Waals surface area contributed by atoms with Crippen molar-refractivity contribution in [2.24, 2.45) is 5.73 Å². The largest absolute Gasteiger partial charge is 0.370 e. The minimum absolute atomic E-state index is 0.181. The summed E-state index contributed by atoms with van der Waals surface area (Å²) in [6.07, 6.45) is 0.227. The van der Waals surface area contributed by atoms with E-state index < -0.39 is 11.9 Å². The Kier molecular flexibility index (Phi) is 3.57. The van der Waals surface area contributed by atoms with Crippen LogP contribution in [0.3, 0.4) is 0 Å². The molecule has 4 N–H and O–H groups in total. The molecule has 0 aliphatic heterocycles. The lowest BCUT2D eigenvalue weighted by atomic mass is 10.2. The summed E-state index contributed by atoms with van der Waals surface area (Å²) in [6.45, 7) is 0. The SMILES string of the molecule is NC(=O)C[C@@H](C=O)NO. The lowest BCUT2D eigenvalue weighted by molar-refractivity contribution is -0.122. The van der Waals surface area contributed by atoms with Gasteiger partial charge in [0.1, 0.15) is 6.29 Å². The molecule has 0 unspecified atom stereocenters. The van der Waals surface area contributed by atoms with Crippen molar-refractivity contribution in [2.75, 3.05) is 0 Å². The number of carbonyl (C=O) groups is 2. The van der Waals surface area contributed by atoms with Gasteiger partial charge in [0.05, 0.1) is 12.5 Å². The Morgan fingerprint density at radius 3 is 2.56 bits per heavy atom. The van der Waals surface area contributed by atoms with E-state index in [0.29, 0.717) is 6.29 Å². The van der Waals surface area contributed by atoms with Crippen LogP contribution in [0.15, 0.2) is 0 Å². The van der Waals surface area contributed by atoms with E-state index in [1.807, 2.05) is 0 Å². The second-order valence-electron chi connectivity index (χ2n) is 1.54. The van der Waals surface area contributed by atoms with Crippen LogP contribution in [0.2, 0.25) is 0 Å². The first-order valence-electron chi connectivity index (χ1n) is 2.34. The van der Waals surface area contributed by atoms with E-state index in [4.69, 9.17) is 10.9 Å². The summed E-state index contributed by atoms with van der Waals surface area (Å²) in [5.74, 6) is -0.631. The highest BCUT2D eigenvalue weighted by molar-refractivity contribution is 5.78. The number of primary amides is 1. The molecule has 0 spiro atoms. The van der Waals surface area contributed by atoms with Gasteiger partial charge in [-0.2, -0.15) is 5.48 Å². The molecule has 52 valence electrons. The van der Waals surface area contributed by atoms with Gasteiger partial charge in [-0.3, -0.25) is 4.79 Å². The fourth-order valence-corrected chi connectivity index (χ4v) is 0.341. The van der Waals surface area contributed by atoms with Gasteiger partial charge in [0.15, 0.2) is 0 Å². The zero-order chi connectivity index (χ0) is 7.28. The minimum Gasteiger partial charge on any atom is -0.370 e. The number of carbonyl (C=O) groups excluding carboxylic acids is 2. The Labute approximate surface area is 51.8 Å². The van der Waals surface area contributed by atoms with Gasteiger partial charge in [-0.15, -0.1) is 0 Å². The molecule has 0 aromatic rings. The summed E-state index contributed by atoms with van der Waals surface area (Å²) < 4.78 is 0. The zero-order valence-electron chi connectivity index (χ0n) is 4.70. The number of nitrogens with two attached hydrogens (primary N) is 1. The molecule has 0 aliphatic carbocycles. The van der Waals surface area contributed by atoms with E-state index in [1.165, 1.54) is 0 Å². The summed E-state index contributed by atoms with van der Waals surface area (Å²) in [5.41, 5.74) is 6.31. The second-order valence-corrected chi connectivity index (χ2v) is 1.54. The number of hydroxylamine groups is 1.